The van der Waals surface area contributed by atoms with Crippen molar-refractivity contribution in [1.82, 2.24) is 15.6 Å². The molecule has 2 N–H and O–H groups in total. The predicted octanol–water partition coefficient (Wildman–Crippen LogP) is 3.07. The Kier molecular flexibility index (Phi) is 6.33. The highest BCUT2D eigenvalue weighted by Gasteiger charge is 2.16. The van der Waals surface area contributed by atoms with Crippen LogP contribution >= 0.6 is 0 Å². The SMILES string of the molecule is CCNC(=NCc1ccnc(N2CCCCC2)c1)NC1CCCC1. The number of pyridine rings is 1. The Morgan fingerprint density at radius 3 is 2.75 bits per heavy atom. The first kappa shape index (κ1) is 17.1. The van der Waals surface area contributed by atoms with Gasteiger partial charge in [0.05, 0.1) is 6.54 Å². The Morgan fingerprint density at radius 1 is 1.21 bits per heavy atom. The Labute approximate surface area is 146 Å². The standard InChI is InChI=1S/C19H31N5/c1-2-20-19(23-17-8-4-5-9-17)22-15-16-10-11-21-18(14-16)24-12-6-3-7-13-24/h10-11,14,17H,2-9,12-13,15H2,1H3,(H2,20,22,23). The Hall–Kier alpha value is -1.78. The van der Waals surface area contributed by atoms with E-state index in [1.54, 1.807) is 0 Å². The summed E-state index contributed by atoms with van der Waals surface area (Å²) in [7, 11) is 0. The first-order chi connectivity index (χ1) is 11.8. The fraction of sp³-hybridized carbons (Fsp3) is 0.684. The van der Waals surface area contributed by atoms with Crippen LogP contribution in [-0.4, -0.2) is 36.6 Å². The number of aromatic nitrogens is 1. The average Bonchev–Trinajstić information content (AvgIpc) is 3.14. The zero-order chi connectivity index (χ0) is 16.6. The number of anilines is 1. The third kappa shape index (κ3) is 4.86. The topological polar surface area (TPSA) is 52.6 Å². The minimum absolute atomic E-state index is 0.587. The molecular weight excluding hydrogens is 298 g/mol. The van der Waals surface area contributed by atoms with Crippen LogP contribution in [0.25, 0.3) is 0 Å². The van der Waals surface area contributed by atoms with Gasteiger partial charge in [-0.05, 0) is 56.7 Å². The number of hydrogen-bond acceptors (Lipinski definition) is 3. The van der Waals surface area contributed by atoms with Crippen LogP contribution in [0.3, 0.4) is 0 Å². The molecule has 2 fully saturated rings. The number of nitrogens with one attached hydrogen (secondary N) is 2. The van der Waals surface area contributed by atoms with Gasteiger partial charge < -0.3 is 15.5 Å². The van der Waals surface area contributed by atoms with Crippen molar-refractivity contribution in [2.75, 3.05) is 24.5 Å². The largest absolute Gasteiger partial charge is 0.357 e. The van der Waals surface area contributed by atoms with Crippen molar-refractivity contribution in [3.05, 3.63) is 23.9 Å². The van der Waals surface area contributed by atoms with Crippen LogP contribution in [0.15, 0.2) is 23.3 Å². The maximum Gasteiger partial charge on any atom is 0.191 e. The summed E-state index contributed by atoms with van der Waals surface area (Å²) in [4.78, 5) is 11.7. The van der Waals surface area contributed by atoms with Gasteiger partial charge in [-0.3, -0.25) is 0 Å². The van der Waals surface area contributed by atoms with Gasteiger partial charge in [0, 0.05) is 31.9 Å². The second-order valence-electron chi connectivity index (χ2n) is 6.89. The Balaban J connectivity index is 1.62. The molecular formula is C19H31N5. The molecule has 5 heteroatoms. The molecule has 1 aliphatic carbocycles. The summed E-state index contributed by atoms with van der Waals surface area (Å²) < 4.78 is 0. The van der Waals surface area contributed by atoms with Crippen molar-refractivity contribution in [3.8, 4) is 0 Å². The van der Waals surface area contributed by atoms with Gasteiger partial charge in [-0.25, -0.2) is 9.98 Å². The molecule has 1 aromatic heterocycles. The van der Waals surface area contributed by atoms with E-state index >= 15 is 0 Å². The van der Waals surface area contributed by atoms with Gasteiger partial charge in [-0.15, -0.1) is 0 Å². The lowest BCUT2D eigenvalue weighted by Crippen LogP contribution is -2.42. The van der Waals surface area contributed by atoms with Crippen LogP contribution in [-0.2, 0) is 6.54 Å². The van der Waals surface area contributed by atoms with E-state index in [4.69, 9.17) is 4.99 Å². The summed E-state index contributed by atoms with van der Waals surface area (Å²) in [6.45, 7) is 5.98. The number of rotatable bonds is 5. The lowest BCUT2D eigenvalue weighted by Gasteiger charge is -2.27. The lowest BCUT2D eigenvalue weighted by molar-refractivity contribution is 0.573. The zero-order valence-corrected chi connectivity index (χ0v) is 14.9. The number of guanidine groups is 1. The van der Waals surface area contributed by atoms with Crippen LogP contribution in [0.2, 0.25) is 0 Å². The minimum Gasteiger partial charge on any atom is -0.357 e. The van der Waals surface area contributed by atoms with E-state index in [1.165, 1.54) is 50.5 Å². The molecule has 0 bridgehead atoms. The number of hydrogen-bond donors (Lipinski definition) is 2. The van der Waals surface area contributed by atoms with E-state index < -0.39 is 0 Å². The smallest absolute Gasteiger partial charge is 0.191 e. The maximum absolute atomic E-state index is 4.78. The molecule has 132 valence electrons. The summed E-state index contributed by atoms with van der Waals surface area (Å²) in [6, 6.07) is 4.87. The van der Waals surface area contributed by atoms with Crippen molar-refractivity contribution in [3.63, 3.8) is 0 Å². The summed E-state index contributed by atoms with van der Waals surface area (Å²) in [5, 5.41) is 6.95. The maximum atomic E-state index is 4.78. The molecule has 24 heavy (non-hydrogen) atoms. The molecule has 2 aliphatic rings. The summed E-state index contributed by atoms with van der Waals surface area (Å²) in [5.74, 6) is 2.05. The van der Waals surface area contributed by atoms with Crippen LogP contribution in [0.4, 0.5) is 5.82 Å². The monoisotopic (exact) mass is 329 g/mol. The fourth-order valence-corrected chi connectivity index (χ4v) is 3.61. The van der Waals surface area contributed by atoms with Crippen LogP contribution < -0.4 is 15.5 Å². The normalized spacial score (nSPS) is 19.5. The molecule has 0 spiro atoms. The molecule has 2 heterocycles. The third-order valence-corrected chi connectivity index (χ3v) is 4.95. The molecule has 5 nitrogen and oxygen atoms in total. The lowest BCUT2D eigenvalue weighted by atomic mass is 10.1. The molecule has 3 rings (SSSR count). The van der Waals surface area contributed by atoms with Crippen molar-refractivity contribution in [2.45, 2.75) is 64.5 Å². The van der Waals surface area contributed by atoms with E-state index in [-0.39, 0.29) is 0 Å². The Morgan fingerprint density at radius 2 is 2.00 bits per heavy atom. The van der Waals surface area contributed by atoms with Gasteiger partial charge in [0.1, 0.15) is 5.82 Å². The molecule has 0 atom stereocenters. The summed E-state index contributed by atoms with van der Waals surface area (Å²) in [6.07, 6.45) is 11.0. The van der Waals surface area contributed by atoms with Gasteiger partial charge in [-0.1, -0.05) is 12.8 Å². The van der Waals surface area contributed by atoms with Crippen molar-refractivity contribution >= 4 is 11.8 Å². The van der Waals surface area contributed by atoms with E-state index in [2.05, 4.69) is 39.6 Å². The molecule has 0 aromatic carbocycles. The highest BCUT2D eigenvalue weighted by Crippen LogP contribution is 2.19. The van der Waals surface area contributed by atoms with Crippen LogP contribution in [0.5, 0.6) is 0 Å². The number of piperidine rings is 1. The predicted molar refractivity (Wildman–Crippen MR) is 101 cm³/mol. The Bertz CT molecular complexity index is 530. The highest BCUT2D eigenvalue weighted by atomic mass is 15.2. The zero-order valence-electron chi connectivity index (χ0n) is 14.9. The molecule has 1 aliphatic heterocycles. The number of aliphatic imine (C=N–C) groups is 1. The second-order valence-corrected chi connectivity index (χ2v) is 6.89. The second kappa shape index (κ2) is 8.90. The van der Waals surface area contributed by atoms with Crippen molar-refractivity contribution in [1.29, 1.82) is 0 Å². The summed E-state index contributed by atoms with van der Waals surface area (Å²) >= 11 is 0. The molecule has 1 saturated carbocycles. The molecule has 0 radical (unpaired) electrons. The van der Waals surface area contributed by atoms with E-state index in [0.717, 1.165) is 31.4 Å². The first-order valence-electron chi connectivity index (χ1n) is 9.60. The fourth-order valence-electron chi connectivity index (χ4n) is 3.61. The van der Waals surface area contributed by atoms with Crippen LogP contribution in [0.1, 0.15) is 57.4 Å². The summed E-state index contributed by atoms with van der Waals surface area (Å²) in [5.41, 5.74) is 1.23. The molecule has 1 aromatic rings. The van der Waals surface area contributed by atoms with Crippen LogP contribution in [0, 0.1) is 0 Å². The van der Waals surface area contributed by atoms with E-state index in [0.29, 0.717) is 12.6 Å². The van der Waals surface area contributed by atoms with Gasteiger partial charge in [0.15, 0.2) is 5.96 Å². The van der Waals surface area contributed by atoms with Crippen molar-refractivity contribution in [2.24, 2.45) is 4.99 Å². The molecule has 0 unspecified atom stereocenters. The highest BCUT2D eigenvalue weighted by molar-refractivity contribution is 5.80. The minimum atomic E-state index is 0.587. The van der Waals surface area contributed by atoms with Gasteiger partial charge in [0.2, 0.25) is 0 Å². The molecule has 1 saturated heterocycles. The van der Waals surface area contributed by atoms with Gasteiger partial charge in [-0.2, -0.15) is 0 Å². The van der Waals surface area contributed by atoms with E-state index in [1.807, 2.05) is 6.20 Å². The molecule has 0 amide bonds. The van der Waals surface area contributed by atoms with E-state index in [9.17, 15) is 0 Å². The number of nitrogens with zero attached hydrogens (tertiary/aromatic N) is 3. The third-order valence-electron chi connectivity index (χ3n) is 4.95. The van der Waals surface area contributed by atoms with Gasteiger partial charge in [0.25, 0.3) is 0 Å². The quantitative estimate of drug-likeness (QED) is 0.644. The first-order valence-corrected chi connectivity index (χ1v) is 9.60. The van der Waals surface area contributed by atoms with Gasteiger partial charge >= 0.3 is 0 Å². The average molecular weight is 329 g/mol. The van der Waals surface area contributed by atoms with Crippen molar-refractivity contribution < 1.29 is 0 Å².